The number of rotatable bonds is 4. The molecule has 1 fully saturated rings. The molecule has 1 aromatic heterocycles. The van der Waals surface area contributed by atoms with Crippen molar-refractivity contribution in [2.75, 3.05) is 5.32 Å². The fourth-order valence-electron chi connectivity index (χ4n) is 2.25. The molecule has 1 aliphatic carbocycles. The van der Waals surface area contributed by atoms with Crippen LogP contribution in [0.3, 0.4) is 0 Å². The predicted octanol–water partition coefficient (Wildman–Crippen LogP) is 3.78. The van der Waals surface area contributed by atoms with Gasteiger partial charge in [0, 0.05) is 16.8 Å². The van der Waals surface area contributed by atoms with Crippen LogP contribution < -0.4 is 5.32 Å². The van der Waals surface area contributed by atoms with E-state index in [1.54, 1.807) is 5.38 Å². The van der Waals surface area contributed by atoms with Gasteiger partial charge in [0.2, 0.25) is 5.91 Å². The summed E-state index contributed by atoms with van der Waals surface area (Å²) in [5.41, 5.74) is 0.971. The van der Waals surface area contributed by atoms with E-state index in [4.69, 9.17) is 0 Å². The lowest BCUT2D eigenvalue weighted by Crippen LogP contribution is -2.27. The van der Waals surface area contributed by atoms with Crippen LogP contribution >= 0.6 is 27.3 Å². The molecule has 1 amide bonds. The first-order valence-corrected chi connectivity index (χ1v) is 8.22. The molecule has 0 aliphatic heterocycles. The van der Waals surface area contributed by atoms with Gasteiger partial charge in [-0.05, 0) is 30.5 Å². The number of nitrogens with one attached hydrogen (secondary N) is 1. The molecule has 6 heteroatoms. The number of amides is 1. The number of ketones is 1. The van der Waals surface area contributed by atoms with Gasteiger partial charge >= 0.3 is 0 Å². The number of aromatic nitrogens is 1. The highest BCUT2D eigenvalue weighted by molar-refractivity contribution is 9.10. The summed E-state index contributed by atoms with van der Waals surface area (Å²) in [6, 6.07) is 7.83. The fourth-order valence-corrected chi connectivity index (χ4v) is 3.26. The van der Waals surface area contributed by atoms with Crippen molar-refractivity contribution in [3.63, 3.8) is 0 Å². The van der Waals surface area contributed by atoms with E-state index in [1.807, 2.05) is 24.3 Å². The van der Waals surface area contributed by atoms with E-state index < -0.39 is 5.41 Å². The van der Waals surface area contributed by atoms with E-state index in [0.29, 0.717) is 10.8 Å². The molecule has 0 atom stereocenters. The summed E-state index contributed by atoms with van der Waals surface area (Å²) in [5.74, 6) is -0.143. The Kier molecular flexibility index (Phi) is 3.67. The number of carbonyl (C=O) groups excluding carboxylic acids is 2. The zero-order valence-corrected chi connectivity index (χ0v) is 13.8. The molecule has 3 rings (SSSR count). The van der Waals surface area contributed by atoms with Gasteiger partial charge in [0.05, 0.1) is 5.41 Å². The highest BCUT2D eigenvalue weighted by Gasteiger charge is 2.51. The van der Waals surface area contributed by atoms with Crippen molar-refractivity contribution in [3.05, 3.63) is 45.4 Å². The Bertz CT molecular complexity index is 705. The third-order valence-corrected chi connectivity index (χ3v) is 4.95. The van der Waals surface area contributed by atoms with Crippen LogP contribution in [0, 0.1) is 0 Å². The van der Waals surface area contributed by atoms with Gasteiger partial charge in [-0.1, -0.05) is 28.1 Å². The summed E-state index contributed by atoms with van der Waals surface area (Å²) in [4.78, 5) is 27.9. The van der Waals surface area contributed by atoms with Crippen molar-refractivity contribution in [1.29, 1.82) is 0 Å². The van der Waals surface area contributed by atoms with Crippen molar-refractivity contribution in [2.45, 2.75) is 25.2 Å². The summed E-state index contributed by atoms with van der Waals surface area (Å²) < 4.78 is 0.994. The van der Waals surface area contributed by atoms with E-state index >= 15 is 0 Å². The van der Waals surface area contributed by atoms with E-state index in [-0.39, 0.29) is 11.7 Å². The maximum atomic E-state index is 12.5. The number of anilines is 1. The minimum Gasteiger partial charge on any atom is -0.301 e. The van der Waals surface area contributed by atoms with Crippen molar-refractivity contribution >= 4 is 44.1 Å². The molecule has 4 nitrogen and oxygen atoms in total. The zero-order valence-electron chi connectivity index (χ0n) is 11.4. The van der Waals surface area contributed by atoms with Crippen molar-refractivity contribution in [1.82, 2.24) is 4.98 Å². The average Bonchev–Trinajstić information content (AvgIpc) is 3.13. The number of nitrogens with zero attached hydrogens (tertiary/aromatic N) is 1. The number of carbonyl (C=O) groups is 2. The monoisotopic (exact) mass is 364 g/mol. The predicted molar refractivity (Wildman–Crippen MR) is 85.8 cm³/mol. The van der Waals surface area contributed by atoms with Crippen LogP contribution in [0.15, 0.2) is 34.1 Å². The van der Waals surface area contributed by atoms with Crippen LogP contribution in [0.25, 0.3) is 0 Å². The molecule has 1 aromatic carbocycles. The maximum absolute atomic E-state index is 12.5. The van der Waals surface area contributed by atoms with Gasteiger partial charge in [0.25, 0.3) is 0 Å². The summed E-state index contributed by atoms with van der Waals surface area (Å²) in [6.45, 7) is 1.46. The Labute approximate surface area is 134 Å². The van der Waals surface area contributed by atoms with E-state index in [2.05, 4.69) is 26.2 Å². The van der Waals surface area contributed by atoms with Crippen LogP contribution in [0.4, 0.5) is 5.13 Å². The molecular formula is C15H13BrN2O2S. The molecule has 0 radical (unpaired) electrons. The van der Waals surface area contributed by atoms with E-state index in [9.17, 15) is 9.59 Å². The standard InChI is InChI=1S/C15H13BrN2O2S/c1-9(19)12-8-21-14(17-12)18-13(20)15(6-7-15)10-2-4-11(16)5-3-10/h2-5,8H,6-7H2,1H3,(H,17,18,20). The van der Waals surface area contributed by atoms with Gasteiger partial charge < -0.3 is 5.32 Å². The van der Waals surface area contributed by atoms with Gasteiger partial charge in [-0.25, -0.2) is 4.98 Å². The number of benzene rings is 1. The maximum Gasteiger partial charge on any atom is 0.236 e. The Hall–Kier alpha value is -1.53. The van der Waals surface area contributed by atoms with Crippen molar-refractivity contribution in [3.8, 4) is 0 Å². The minimum absolute atomic E-state index is 0.0470. The average molecular weight is 365 g/mol. The number of hydrogen-bond donors (Lipinski definition) is 1. The fraction of sp³-hybridized carbons (Fsp3) is 0.267. The third kappa shape index (κ3) is 2.78. The summed E-state index contributed by atoms with van der Waals surface area (Å²) in [5, 5.41) is 4.98. The lowest BCUT2D eigenvalue weighted by atomic mass is 9.95. The van der Waals surface area contributed by atoms with Gasteiger partial charge in [0.15, 0.2) is 10.9 Å². The Morgan fingerprint density at radius 1 is 1.29 bits per heavy atom. The smallest absolute Gasteiger partial charge is 0.236 e. The molecule has 0 unspecified atom stereocenters. The molecule has 2 aromatic rings. The lowest BCUT2D eigenvalue weighted by molar-refractivity contribution is -0.118. The van der Waals surface area contributed by atoms with Crippen LogP contribution in [-0.4, -0.2) is 16.7 Å². The normalized spacial score (nSPS) is 15.5. The first-order valence-electron chi connectivity index (χ1n) is 6.55. The second kappa shape index (κ2) is 5.35. The van der Waals surface area contributed by atoms with Gasteiger partial charge in [-0.15, -0.1) is 11.3 Å². The molecule has 1 saturated carbocycles. The number of Topliss-reactive ketones (excluding diaryl/α,β-unsaturated/α-hetero) is 1. The molecule has 1 aliphatic rings. The van der Waals surface area contributed by atoms with Crippen molar-refractivity contribution < 1.29 is 9.59 Å². The van der Waals surface area contributed by atoms with E-state index in [0.717, 1.165) is 22.9 Å². The third-order valence-electron chi connectivity index (χ3n) is 3.67. The first-order chi connectivity index (χ1) is 10.0. The van der Waals surface area contributed by atoms with Crippen LogP contribution in [0.5, 0.6) is 0 Å². The number of hydrogen-bond acceptors (Lipinski definition) is 4. The Morgan fingerprint density at radius 2 is 1.95 bits per heavy atom. The lowest BCUT2D eigenvalue weighted by Gasteiger charge is -2.14. The molecular weight excluding hydrogens is 352 g/mol. The highest BCUT2D eigenvalue weighted by atomic mass is 79.9. The van der Waals surface area contributed by atoms with Gasteiger partial charge in [-0.2, -0.15) is 0 Å². The Morgan fingerprint density at radius 3 is 2.48 bits per heavy atom. The van der Waals surface area contributed by atoms with Crippen molar-refractivity contribution in [2.24, 2.45) is 0 Å². The van der Waals surface area contributed by atoms with Gasteiger partial charge in [-0.3, -0.25) is 9.59 Å². The molecule has 0 spiro atoms. The van der Waals surface area contributed by atoms with E-state index in [1.165, 1.54) is 18.3 Å². The number of halogens is 1. The molecule has 0 bridgehead atoms. The van der Waals surface area contributed by atoms with Gasteiger partial charge in [0.1, 0.15) is 5.69 Å². The molecule has 0 saturated heterocycles. The summed E-state index contributed by atoms with van der Waals surface area (Å²) in [7, 11) is 0. The molecule has 21 heavy (non-hydrogen) atoms. The van der Waals surface area contributed by atoms with Crippen LogP contribution in [0.2, 0.25) is 0 Å². The minimum atomic E-state index is -0.442. The second-order valence-electron chi connectivity index (χ2n) is 5.14. The molecule has 108 valence electrons. The van der Waals surface area contributed by atoms with Crippen LogP contribution in [-0.2, 0) is 10.2 Å². The largest absolute Gasteiger partial charge is 0.301 e. The first kappa shape index (κ1) is 14.4. The zero-order chi connectivity index (χ0) is 15.0. The molecule has 1 N–H and O–H groups in total. The van der Waals surface area contributed by atoms with Crippen LogP contribution in [0.1, 0.15) is 35.8 Å². The molecule has 1 heterocycles. The number of thiazole rings is 1. The quantitative estimate of drug-likeness (QED) is 0.839. The highest BCUT2D eigenvalue weighted by Crippen LogP contribution is 2.49. The summed E-state index contributed by atoms with van der Waals surface area (Å²) >= 11 is 4.68. The SMILES string of the molecule is CC(=O)c1csc(NC(=O)C2(c3ccc(Br)cc3)CC2)n1. The Balaban J connectivity index is 1.78. The second-order valence-corrected chi connectivity index (χ2v) is 6.91. The topological polar surface area (TPSA) is 59.1 Å². The summed E-state index contributed by atoms with van der Waals surface area (Å²) in [6.07, 6.45) is 1.68.